The van der Waals surface area contributed by atoms with E-state index in [4.69, 9.17) is 16.3 Å². The molecule has 136 valence electrons. The SMILES string of the molecule is CC(CCc1ccccc1)NC(=O)COC(=O)/C=C/c1cccc(Cl)c1. The third-order valence-electron chi connectivity index (χ3n) is 3.72. The van der Waals surface area contributed by atoms with Crippen LogP contribution in [0, 0.1) is 0 Å². The van der Waals surface area contributed by atoms with Crippen LogP contribution >= 0.6 is 11.6 Å². The molecule has 1 amide bonds. The molecule has 26 heavy (non-hydrogen) atoms. The van der Waals surface area contributed by atoms with Crippen molar-refractivity contribution in [2.75, 3.05) is 6.61 Å². The zero-order chi connectivity index (χ0) is 18.8. The molecule has 4 nitrogen and oxygen atoms in total. The number of rotatable bonds is 8. The molecule has 0 saturated heterocycles. The predicted molar refractivity (Wildman–Crippen MR) is 104 cm³/mol. The number of ether oxygens (including phenoxy) is 1. The van der Waals surface area contributed by atoms with Gasteiger partial charge < -0.3 is 10.1 Å². The van der Waals surface area contributed by atoms with Gasteiger partial charge in [0, 0.05) is 17.1 Å². The van der Waals surface area contributed by atoms with Gasteiger partial charge in [0.1, 0.15) is 0 Å². The largest absolute Gasteiger partial charge is 0.452 e. The van der Waals surface area contributed by atoms with Crippen molar-refractivity contribution in [1.29, 1.82) is 0 Å². The number of amides is 1. The highest BCUT2D eigenvalue weighted by molar-refractivity contribution is 6.30. The van der Waals surface area contributed by atoms with E-state index in [1.54, 1.807) is 24.3 Å². The Morgan fingerprint density at radius 2 is 1.92 bits per heavy atom. The second-order valence-corrected chi connectivity index (χ2v) is 6.43. The standard InChI is InChI=1S/C21H22ClNO3/c1-16(10-11-17-6-3-2-4-7-17)23-20(24)15-26-21(25)13-12-18-8-5-9-19(22)14-18/h2-9,12-14,16H,10-11,15H2,1H3,(H,23,24)/b13-12+. The second kappa shape index (κ2) is 10.4. The van der Waals surface area contributed by atoms with Crippen LogP contribution in [0.3, 0.4) is 0 Å². The van der Waals surface area contributed by atoms with E-state index in [0.29, 0.717) is 5.02 Å². The summed E-state index contributed by atoms with van der Waals surface area (Å²) >= 11 is 5.87. The molecular formula is C21H22ClNO3. The van der Waals surface area contributed by atoms with Gasteiger partial charge in [-0.25, -0.2) is 4.79 Å². The van der Waals surface area contributed by atoms with E-state index < -0.39 is 5.97 Å². The van der Waals surface area contributed by atoms with Crippen molar-refractivity contribution < 1.29 is 14.3 Å². The van der Waals surface area contributed by atoms with Crippen molar-refractivity contribution in [3.63, 3.8) is 0 Å². The normalized spacial score (nSPS) is 11.9. The zero-order valence-electron chi connectivity index (χ0n) is 14.7. The Labute approximate surface area is 158 Å². The maximum absolute atomic E-state index is 11.9. The van der Waals surface area contributed by atoms with Gasteiger partial charge >= 0.3 is 5.97 Å². The Kier molecular flexibility index (Phi) is 7.90. The van der Waals surface area contributed by atoms with Crippen molar-refractivity contribution in [2.24, 2.45) is 0 Å². The average Bonchev–Trinajstić information content (AvgIpc) is 2.64. The fourth-order valence-corrected chi connectivity index (χ4v) is 2.57. The third-order valence-corrected chi connectivity index (χ3v) is 3.96. The van der Waals surface area contributed by atoms with Gasteiger partial charge in [0.25, 0.3) is 5.91 Å². The van der Waals surface area contributed by atoms with Gasteiger partial charge in [-0.05, 0) is 49.1 Å². The minimum absolute atomic E-state index is 0.00316. The van der Waals surface area contributed by atoms with Crippen LogP contribution in [0.25, 0.3) is 6.08 Å². The third kappa shape index (κ3) is 7.53. The second-order valence-electron chi connectivity index (χ2n) is 5.99. The van der Waals surface area contributed by atoms with Crippen molar-refractivity contribution in [1.82, 2.24) is 5.32 Å². The van der Waals surface area contributed by atoms with Crippen molar-refractivity contribution >= 4 is 29.6 Å². The van der Waals surface area contributed by atoms with E-state index in [1.165, 1.54) is 11.6 Å². The van der Waals surface area contributed by atoms with Crippen molar-refractivity contribution in [3.05, 3.63) is 76.8 Å². The molecule has 0 aliphatic heterocycles. The lowest BCUT2D eigenvalue weighted by atomic mass is 10.1. The summed E-state index contributed by atoms with van der Waals surface area (Å²) in [7, 11) is 0. The van der Waals surface area contributed by atoms with Crippen LogP contribution < -0.4 is 5.32 Å². The Balaban J connectivity index is 1.68. The van der Waals surface area contributed by atoms with Crippen LogP contribution in [-0.2, 0) is 20.7 Å². The van der Waals surface area contributed by atoms with Crippen LogP contribution in [0.2, 0.25) is 5.02 Å². The summed E-state index contributed by atoms with van der Waals surface area (Å²) in [6, 6.07) is 17.2. The highest BCUT2D eigenvalue weighted by Crippen LogP contribution is 2.11. The van der Waals surface area contributed by atoms with E-state index in [9.17, 15) is 9.59 Å². The van der Waals surface area contributed by atoms with Gasteiger partial charge in [-0.1, -0.05) is 54.1 Å². The summed E-state index contributed by atoms with van der Waals surface area (Å²) in [5.74, 6) is -0.882. The molecule has 0 radical (unpaired) electrons. The van der Waals surface area contributed by atoms with Gasteiger partial charge in [-0.3, -0.25) is 4.79 Å². The molecule has 2 aromatic rings. The molecular weight excluding hydrogens is 350 g/mol. The van der Waals surface area contributed by atoms with Gasteiger partial charge in [0.2, 0.25) is 0 Å². The summed E-state index contributed by atoms with van der Waals surface area (Å²) in [4.78, 5) is 23.5. The highest BCUT2D eigenvalue weighted by atomic mass is 35.5. The number of carbonyl (C=O) groups is 2. The Hall–Kier alpha value is -2.59. The van der Waals surface area contributed by atoms with E-state index in [0.717, 1.165) is 18.4 Å². The molecule has 2 aromatic carbocycles. The lowest BCUT2D eigenvalue weighted by molar-refractivity contribution is -0.144. The van der Waals surface area contributed by atoms with Crippen LogP contribution in [0.4, 0.5) is 0 Å². The van der Waals surface area contributed by atoms with E-state index in [-0.39, 0.29) is 18.6 Å². The number of nitrogens with one attached hydrogen (secondary N) is 1. The lowest BCUT2D eigenvalue weighted by Crippen LogP contribution is -2.36. The monoisotopic (exact) mass is 371 g/mol. The topological polar surface area (TPSA) is 55.4 Å². The van der Waals surface area contributed by atoms with E-state index >= 15 is 0 Å². The first-order valence-corrected chi connectivity index (χ1v) is 8.84. The number of hydrogen-bond donors (Lipinski definition) is 1. The molecule has 0 fully saturated rings. The van der Waals surface area contributed by atoms with Crippen LogP contribution in [0.1, 0.15) is 24.5 Å². The Morgan fingerprint density at radius 1 is 1.15 bits per heavy atom. The van der Waals surface area contributed by atoms with Crippen LogP contribution in [0.15, 0.2) is 60.7 Å². The first-order chi connectivity index (χ1) is 12.5. The summed E-state index contributed by atoms with van der Waals surface area (Å²) in [6.07, 6.45) is 4.56. The molecule has 0 aliphatic rings. The van der Waals surface area contributed by atoms with Gasteiger partial charge in [-0.15, -0.1) is 0 Å². The molecule has 0 spiro atoms. The van der Waals surface area contributed by atoms with Gasteiger partial charge in [-0.2, -0.15) is 0 Å². The average molecular weight is 372 g/mol. The van der Waals surface area contributed by atoms with E-state index in [1.807, 2.05) is 31.2 Å². The zero-order valence-corrected chi connectivity index (χ0v) is 15.4. The summed E-state index contributed by atoms with van der Waals surface area (Å²) in [5, 5.41) is 3.42. The molecule has 0 aromatic heterocycles. The fourth-order valence-electron chi connectivity index (χ4n) is 2.38. The number of aryl methyl sites for hydroxylation is 1. The quantitative estimate of drug-likeness (QED) is 0.563. The first-order valence-electron chi connectivity index (χ1n) is 8.46. The molecule has 0 aliphatic carbocycles. The van der Waals surface area contributed by atoms with Gasteiger partial charge in [0.05, 0.1) is 0 Å². The maximum Gasteiger partial charge on any atom is 0.331 e. The Bertz CT molecular complexity index is 759. The smallest absolute Gasteiger partial charge is 0.331 e. The number of benzene rings is 2. The number of esters is 1. The van der Waals surface area contributed by atoms with Crippen molar-refractivity contribution in [3.8, 4) is 0 Å². The molecule has 5 heteroatoms. The molecule has 0 bridgehead atoms. The molecule has 0 saturated carbocycles. The molecule has 1 N–H and O–H groups in total. The summed E-state index contributed by atoms with van der Waals surface area (Å²) in [6.45, 7) is 1.64. The van der Waals surface area contributed by atoms with Crippen LogP contribution in [-0.4, -0.2) is 24.5 Å². The minimum Gasteiger partial charge on any atom is -0.452 e. The molecule has 1 atom stereocenters. The summed E-state index contributed by atoms with van der Waals surface area (Å²) < 4.78 is 4.95. The predicted octanol–water partition coefficient (Wildman–Crippen LogP) is 4.03. The maximum atomic E-state index is 11.9. The van der Waals surface area contributed by atoms with Crippen molar-refractivity contribution in [2.45, 2.75) is 25.8 Å². The minimum atomic E-state index is -0.572. The van der Waals surface area contributed by atoms with Gasteiger partial charge in [0.15, 0.2) is 6.61 Å². The molecule has 0 heterocycles. The summed E-state index contributed by atoms with van der Waals surface area (Å²) in [5.41, 5.74) is 2.01. The number of hydrogen-bond acceptors (Lipinski definition) is 3. The molecule has 2 rings (SSSR count). The Morgan fingerprint density at radius 3 is 2.65 bits per heavy atom. The fraction of sp³-hybridized carbons (Fsp3) is 0.238. The number of carbonyl (C=O) groups excluding carboxylic acids is 2. The van der Waals surface area contributed by atoms with E-state index in [2.05, 4.69) is 17.4 Å². The number of halogens is 1. The van der Waals surface area contributed by atoms with Crippen LogP contribution in [0.5, 0.6) is 0 Å². The highest BCUT2D eigenvalue weighted by Gasteiger charge is 2.09. The molecule has 1 unspecified atom stereocenters. The lowest BCUT2D eigenvalue weighted by Gasteiger charge is -2.13. The first kappa shape index (κ1) is 19.7.